The maximum atomic E-state index is 6.14. The van der Waals surface area contributed by atoms with E-state index in [-0.39, 0.29) is 0 Å². The summed E-state index contributed by atoms with van der Waals surface area (Å²) in [7, 11) is 1.91. The van der Waals surface area contributed by atoms with Crippen LogP contribution < -0.4 is 5.32 Å². The van der Waals surface area contributed by atoms with Crippen LogP contribution in [0.25, 0.3) is 0 Å². The lowest BCUT2D eigenvalue weighted by atomic mass is 10.3. The smallest absolute Gasteiger partial charge is 0.0767 e. The van der Waals surface area contributed by atoms with Gasteiger partial charge in [0.25, 0.3) is 0 Å². The summed E-state index contributed by atoms with van der Waals surface area (Å²) < 4.78 is 2.87. The van der Waals surface area contributed by atoms with Crippen LogP contribution in [-0.4, -0.2) is 9.78 Å². The molecule has 1 N–H and O–H groups in total. The van der Waals surface area contributed by atoms with E-state index in [4.69, 9.17) is 34.8 Å². The van der Waals surface area contributed by atoms with Crippen LogP contribution in [0.4, 0.5) is 5.69 Å². The maximum absolute atomic E-state index is 6.14. The number of hydrogen-bond donors (Lipinski definition) is 1. The molecule has 0 aliphatic heterocycles. The highest BCUT2D eigenvalue weighted by atomic mass is 79.9. The highest BCUT2D eigenvalue weighted by Crippen LogP contribution is 2.33. The van der Waals surface area contributed by atoms with Crippen LogP contribution in [0.15, 0.2) is 16.6 Å². The third-order valence-corrected chi connectivity index (χ3v) is 4.91. The van der Waals surface area contributed by atoms with Gasteiger partial charge >= 0.3 is 0 Å². The highest BCUT2D eigenvalue weighted by molar-refractivity contribution is 9.10. The summed E-state index contributed by atoms with van der Waals surface area (Å²) in [4.78, 5) is 0. The molecular formula is C13H13BrCl3N3. The molecule has 0 bridgehead atoms. The Morgan fingerprint density at radius 1 is 1.20 bits per heavy atom. The molecule has 0 saturated carbocycles. The molecule has 0 aliphatic carbocycles. The number of aryl methyl sites for hydroxylation is 2. The first-order valence-corrected chi connectivity index (χ1v) is 7.95. The van der Waals surface area contributed by atoms with Crippen molar-refractivity contribution in [3.05, 3.63) is 43.1 Å². The van der Waals surface area contributed by atoms with Crippen molar-refractivity contribution >= 4 is 56.4 Å². The second kappa shape index (κ2) is 6.56. The standard InChI is InChI=1S/C13H13BrCl3N3/c1-3-10-13(14)12(20(2)19-10)6-18-11-5-8(16)7(15)4-9(11)17/h4-5,18H,3,6H2,1-2H3. The molecule has 1 aromatic carbocycles. The van der Waals surface area contributed by atoms with Crippen molar-refractivity contribution in [2.24, 2.45) is 7.05 Å². The molecular weight excluding hydrogens is 384 g/mol. The Balaban J connectivity index is 2.21. The van der Waals surface area contributed by atoms with Gasteiger partial charge in [0.2, 0.25) is 0 Å². The summed E-state index contributed by atoms with van der Waals surface area (Å²) in [5, 5.41) is 9.14. The van der Waals surface area contributed by atoms with Crippen LogP contribution in [-0.2, 0) is 20.0 Å². The van der Waals surface area contributed by atoms with Gasteiger partial charge in [-0.1, -0.05) is 41.7 Å². The first-order chi connectivity index (χ1) is 9.43. The van der Waals surface area contributed by atoms with Crippen molar-refractivity contribution in [1.29, 1.82) is 0 Å². The molecule has 3 nitrogen and oxygen atoms in total. The minimum Gasteiger partial charge on any atom is -0.378 e. The minimum atomic E-state index is 0.442. The maximum Gasteiger partial charge on any atom is 0.0767 e. The van der Waals surface area contributed by atoms with E-state index < -0.39 is 0 Å². The number of aromatic nitrogens is 2. The van der Waals surface area contributed by atoms with Gasteiger partial charge in [-0.3, -0.25) is 4.68 Å². The number of rotatable bonds is 4. The van der Waals surface area contributed by atoms with E-state index in [1.807, 2.05) is 11.7 Å². The Hall–Kier alpha value is -0.420. The lowest BCUT2D eigenvalue weighted by Crippen LogP contribution is -2.06. The molecule has 0 fully saturated rings. The first-order valence-electron chi connectivity index (χ1n) is 6.02. The molecule has 1 heterocycles. The SMILES string of the molecule is CCc1nn(C)c(CNc2cc(Cl)c(Cl)cc2Cl)c1Br. The zero-order valence-electron chi connectivity index (χ0n) is 11.0. The Bertz CT molecular complexity index is 640. The summed E-state index contributed by atoms with van der Waals surface area (Å²) in [5.41, 5.74) is 2.82. The molecule has 108 valence electrons. The van der Waals surface area contributed by atoms with Crippen molar-refractivity contribution in [1.82, 2.24) is 9.78 Å². The number of hydrogen-bond acceptors (Lipinski definition) is 2. The van der Waals surface area contributed by atoms with E-state index in [9.17, 15) is 0 Å². The van der Waals surface area contributed by atoms with Crippen LogP contribution in [0.3, 0.4) is 0 Å². The van der Waals surface area contributed by atoms with E-state index in [1.165, 1.54) is 0 Å². The number of anilines is 1. The Morgan fingerprint density at radius 3 is 2.45 bits per heavy atom. The fraction of sp³-hybridized carbons (Fsp3) is 0.308. The molecule has 0 saturated heterocycles. The zero-order valence-corrected chi connectivity index (χ0v) is 14.8. The Morgan fingerprint density at radius 2 is 1.85 bits per heavy atom. The first kappa shape index (κ1) is 16.0. The number of benzene rings is 1. The van der Waals surface area contributed by atoms with Crippen LogP contribution in [0.2, 0.25) is 15.1 Å². The Kier molecular flexibility index (Phi) is 5.24. The van der Waals surface area contributed by atoms with Gasteiger partial charge in [-0.15, -0.1) is 0 Å². The molecule has 2 rings (SSSR count). The largest absolute Gasteiger partial charge is 0.378 e. The highest BCUT2D eigenvalue weighted by Gasteiger charge is 2.13. The minimum absolute atomic E-state index is 0.442. The third kappa shape index (κ3) is 3.25. The molecule has 2 aromatic rings. The summed E-state index contributed by atoms with van der Waals surface area (Å²) in [6.07, 6.45) is 0.877. The lowest BCUT2D eigenvalue weighted by Gasteiger charge is -2.10. The summed E-state index contributed by atoms with van der Waals surface area (Å²) in [6.45, 7) is 2.65. The monoisotopic (exact) mass is 395 g/mol. The fourth-order valence-corrected chi connectivity index (χ4v) is 3.22. The van der Waals surface area contributed by atoms with Crippen LogP contribution in [0.1, 0.15) is 18.3 Å². The van der Waals surface area contributed by atoms with E-state index in [0.717, 1.165) is 28.0 Å². The molecule has 0 aliphatic rings. The van der Waals surface area contributed by atoms with Crippen LogP contribution in [0, 0.1) is 0 Å². The second-order valence-corrected chi connectivity index (χ2v) is 6.30. The van der Waals surface area contributed by atoms with Crippen molar-refractivity contribution < 1.29 is 0 Å². The summed E-state index contributed by atoms with van der Waals surface area (Å²) >= 11 is 21.6. The summed E-state index contributed by atoms with van der Waals surface area (Å²) in [5.74, 6) is 0. The van der Waals surface area contributed by atoms with Gasteiger partial charge in [-0.05, 0) is 34.5 Å². The van der Waals surface area contributed by atoms with Gasteiger partial charge in [0.05, 0.1) is 43.2 Å². The molecule has 7 heteroatoms. The van der Waals surface area contributed by atoms with Gasteiger partial charge in [-0.2, -0.15) is 5.10 Å². The molecule has 0 spiro atoms. The van der Waals surface area contributed by atoms with Gasteiger partial charge in [-0.25, -0.2) is 0 Å². The van der Waals surface area contributed by atoms with Crippen molar-refractivity contribution in [2.75, 3.05) is 5.32 Å². The number of halogens is 4. The fourth-order valence-electron chi connectivity index (χ4n) is 1.85. The predicted octanol–water partition coefficient (Wildman–Crippen LogP) is 5.32. The van der Waals surface area contributed by atoms with Gasteiger partial charge in [0, 0.05) is 7.05 Å². The normalized spacial score (nSPS) is 10.9. The number of nitrogens with zero attached hydrogens (tertiary/aromatic N) is 2. The summed E-state index contributed by atoms with van der Waals surface area (Å²) in [6, 6.07) is 3.35. The van der Waals surface area contributed by atoms with E-state index in [2.05, 4.69) is 33.3 Å². The third-order valence-electron chi connectivity index (χ3n) is 2.96. The predicted molar refractivity (Wildman–Crippen MR) is 89.1 cm³/mol. The van der Waals surface area contributed by atoms with Crippen molar-refractivity contribution in [2.45, 2.75) is 19.9 Å². The van der Waals surface area contributed by atoms with E-state index in [0.29, 0.717) is 21.6 Å². The molecule has 0 amide bonds. The van der Waals surface area contributed by atoms with Crippen LogP contribution in [0.5, 0.6) is 0 Å². The van der Waals surface area contributed by atoms with E-state index >= 15 is 0 Å². The van der Waals surface area contributed by atoms with Gasteiger partial charge < -0.3 is 5.32 Å². The van der Waals surface area contributed by atoms with Crippen molar-refractivity contribution in [3.8, 4) is 0 Å². The second-order valence-electron chi connectivity index (χ2n) is 4.28. The molecule has 0 atom stereocenters. The quantitative estimate of drug-likeness (QED) is 0.708. The number of nitrogens with one attached hydrogen (secondary N) is 1. The lowest BCUT2D eigenvalue weighted by molar-refractivity contribution is 0.706. The van der Waals surface area contributed by atoms with Crippen LogP contribution >= 0.6 is 50.7 Å². The van der Waals surface area contributed by atoms with E-state index in [1.54, 1.807) is 12.1 Å². The molecule has 1 aromatic heterocycles. The van der Waals surface area contributed by atoms with Gasteiger partial charge in [0.1, 0.15) is 0 Å². The zero-order chi connectivity index (χ0) is 14.9. The van der Waals surface area contributed by atoms with Gasteiger partial charge in [0.15, 0.2) is 0 Å². The molecule has 0 unspecified atom stereocenters. The van der Waals surface area contributed by atoms with Crippen molar-refractivity contribution in [3.63, 3.8) is 0 Å². The topological polar surface area (TPSA) is 29.9 Å². The molecule has 20 heavy (non-hydrogen) atoms. The average Bonchev–Trinajstić information content (AvgIpc) is 2.67. The molecule has 0 radical (unpaired) electrons. The average molecular weight is 398 g/mol. The Labute approximate surface area is 141 Å².